The minimum Gasteiger partial charge on any atom is -0.493 e. The molecule has 0 radical (unpaired) electrons. The molecule has 6 rings (SSSR count). The molecule has 0 aliphatic carbocycles. The highest BCUT2D eigenvalue weighted by atomic mass is 19.1. The summed E-state index contributed by atoms with van der Waals surface area (Å²) in [6, 6.07) is 4.90. The smallest absolute Gasteiger partial charge is 0.254 e. The maximum atomic E-state index is 14.5. The lowest BCUT2D eigenvalue weighted by atomic mass is 10.0. The van der Waals surface area contributed by atoms with Gasteiger partial charge in [0.25, 0.3) is 5.82 Å². The summed E-state index contributed by atoms with van der Waals surface area (Å²) in [6.45, 7) is 8.18. The molecule has 0 saturated carbocycles. The third-order valence-electron chi connectivity index (χ3n) is 5.90. The number of hydrogen-bond acceptors (Lipinski definition) is 7. The molecule has 5 heterocycles. The molecule has 0 bridgehead atoms. The molecule has 10 nitrogen and oxygen atoms in total. The van der Waals surface area contributed by atoms with E-state index in [1.165, 1.54) is 18.6 Å². The van der Waals surface area contributed by atoms with Gasteiger partial charge in [-0.3, -0.25) is 4.40 Å². The van der Waals surface area contributed by atoms with Crippen LogP contribution in [0.1, 0.15) is 11.1 Å². The summed E-state index contributed by atoms with van der Waals surface area (Å²) in [4.78, 5) is 12.5. The monoisotopic (exact) mass is 456 g/mol. The minimum atomic E-state index is -0.290. The number of hydrogen-bond donors (Lipinski definition) is 1. The van der Waals surface area contributed by atoms with Gasteiger partial charge in [0.15, 0.2) is 11.4 Å². The summed E-state index contributed by atoms with van der Waals surface area (Å²) in [7, 11) is 1.56. The van der Waals surface area contributed by atoms with Gasteiger partial charge in [0.2, 0.25) is 11.6 Å². The number of nitrogens with zero attached hydrogens (tertiary/aromatic N) is 7. The van der Waals surface area contributed by atoms with E-state index in [2.05, 4.69) is 30.3 Å². The Bertz CT molecular complexity index is 1620. The fourth-order valence-electron chi connectivity index (χ4n) is 4.26. The van der Waals surface area contributed by atoms with E-state index in [1.54, 1.807) is 34.4 Å². The fraction of sp³-hybridized carbons (Fsp3) is 0.174. The van der Waals surface area contributed by atoms with Crippen LogP contribution in [0, 0.1) is 12.4 Å². The Morgan fingerprint density at radius 1 is 1.21 bits per heavy atom. The van der Waals surface area contributed by atoms with Crippen LogP contribution >= 0.6 is 0 Å². The van der Waals surface area contributed by atoms with E-state index in [4.69, 9.17) is 16.0 Å². The van der Waals surface area contributed by atoms with Crippen molar-refractivity contribution in [2.24, 2.45) is 0 Å². The number of ether oxygens (including phenoxy) is 2. The molecular formula is C23H17FN8O2. The molecule has 1 N–H and O–H groups in total. The van der Waals surface area contributed by atoms with Crippen LogP contribution in [0.5, 0.6) is 11.5 Å². The Hall–Kier alpha value is -4.72. The summed E-state index contributed by atoms with van der Waals surface area (Å²) in [6.07, 6.45) is 7.08. The number of benzene rings is 1. The van der Waals surface area contributed by atoms with E-state index in [1.807, 2.05) is 6.07 Å². The number of aromatic nitrogens is 6. The van der Waals surface area contributed by atoms with Crippen molar-refractivity contribution in [1.82, 2.24) is 29.0 Å². The lowest BCUT2D eigenvalue weighted by Crippen LogP contribution is -2.10. The zero-order valence-electron chi connectivity index (χ0n) is 18.0. The van der Waals surface area contributed by atoms with Crippen LogP contribution in [0.15, 0.2) is 43.1 Å². The summed E-state index contributed by atoms with van der Waals surface area (Å²) >= 11 is 0. The topological polar surface area (TPSA) is 95.2 Å². The minimum absolute atomic E-state index is 0.232. The van der Waals surface area contributed by atoms with Gasteiger partial charge in [-0.25, -0.2) is 18.8 Å². The Labute approximate surface area is 192 Å². The van der Waals surface area contributed by atoms with Gasteiger partial charge in [-0.05, 0) is 18.2 Å². The van der Waals surface area contributed by atoms with E-state index >= 15 is 0 Å². The Morgan fingerprint density at radius 3 is 2.97 bits per heavy atom. The van der Waals surface area contributed by atoms with E-state index in [9.17, 15) is 4.39 Å². The zero-order chi connectivity index (χ0) is 23.2. The predicted molar refractivity (Wildman–Crippen MR) is 121 cm³/mol. The molecule has 1 aromatic carbocycles. The van der Waals surface area contributed by atoms with Crippen LogP contribution in [0.2, 0.25) is 0 Å². The van der Waals surface area contributed by atoms with Crippen LogP contribution in [-0.2, 0) is 13.0 Å². The number of methoxy groups -OCH3 is 1. The lowest BCUT2D eigenvalue weighted by molar-refractivity contribution is 0.356. The van der Waals surface area contributed by atoms with Gasteiger partial charge in [-0.15, -0.1) is 10.2 Å². The second-order valence-corrected chi connectivity index (χ2v) is 7.69. The van der Waals surface area contributed by atoms with Crippen molar-refractivity contribution >= 4 is 23.1 Å². The molecule has 0 fully saturated rings. The van der Waals surface area contributed by atoms with Crippen LogP contribution in [-0.4, -0.2) is 42.7 Å². The average molecular weight is 456 g/mol. The normalized spacial score (nSPS) is 12.5. The van der Waals surface area contributed by atoms with Gasteiger partial charge in [0.1, 0.15) is 24.1 Å². The molecule has 1 aliphatic rings. The first kappa shape index (κ1) is 19.9. The molecule has 34 heavy (non-hydrogen) atoms. The van der Waals surface area contributed by atoms with Crippen molar-refractivity contribution in [1.29, 1.82) is 0 Å². The number of pyridine rings is 1. The molecule has 11 heteroatoms. The van der Waals surface area contributed by atoms with Crippen LogP contribution in [0.3, 0.4) is 0 Å². The van der Waals surface area contributed by atoms with Gasteiger partial charge in [0, 0.05) is 30.3 Å². The molecule has 0 atom stereocenters. The lowest BCUT2D eigenvalue weighted by Gasteiger charge is -2.13. The molecule has 168 valence electrons. The van der Waals surface area contributed by atoms with Crippen molar-refractivity contribution in [2.45, 2.75) is 13.0 Å². The maximum absolute atomic E-state index is 14.5. The first-order valence-electron chi connectivity index (χ1n) is 10.5. The number of rotatable bonds is 5. The third kappa shape index (κ3) is 3.00. The van der Waals surface area contributed by atoms with E-state index < -0.39 is 0 Å². The van der Waals surface area contributed by atoms with Crippen molar-refractivity contribution in [2.75, 3.05) is 19.0 Å². The molecule has 0 spiro atoms. The second kappa shape index (κ2) is 7.70. The number of halogens is 1. The van der Waals surface area contributed by atoms with E-state index in [0.717, 1.165) is 11.3 Å². The third-order valence-corrected chi connectivity index (χ3v) is 5.90. The number of nitrogens with one attached hydrogen (secondary N) is 1. The van der Waals surface area contributed by atoms with E-state index in [0.29, 0.717) is 58.5 Å². The number of anilines is 1. The first-order valence-corrected chi connectivity index (χ1v) is 10.5. The van der Waals surface area contributed by atoms with Crippen molar-refractivity contribution in [3.05, 3.63) is 71.5 Å². The molecular weight excluding hydrogens is 439 g/mol. The SMILES string of the molecule is [C-]#[N+]c1cnc2c(-c3cnc(NCc4c(F)ccc5c4CCO5)n4cnnc34)cc(OC)cn12. The standard InChI is InChI=1S/C23H17FN8O2/c1-25-20-10-26-21-15(7-13(33-2)11-31(20)21)17-9-28-23(32-12-29-30-22(17)32)27-8-16-14-5-6-34-19(14)4-3-18(16)24/h3-4,7,9-12H,5-6,8H2,2H3,(H,27,28). The van der Waals surface area contributed by atoms with Gasteiger partial charge in [-0.1, -0.05) is 6.57 Å². The molecule has 0 saturated heterocycles. The second-order valence-electron chi connectivity index (χ2n) is 7.69. The largest absolute Gasteiger partial charge is 0.493 e. The zero-order valence-corrected chi connectivity index (χ0v) is 18.0. The quantitative estimate of drug-likeness (QED) is 0.403. The van der Waals surface area contributed by atoms with Crippen molar-refractivity contribution in [3.63, 3.8) is 0 Å². The summed E-state index contributed by atoms with van der Waals surface area (Å²) in [5.74, 6) is 1.81. The highest BCUT2D eigenvalue weighted by Crippen LogP contribution is 2.34. The van der Waals surface area contributed by atoms with Gasteiger partial charge in [0.05, 0.1) is 31.0 Å². The Morgan fingerprint density at radius 2 is 2.12 bits per heavy atom. The number of imidazole rings is 1. The average Bonchev–Trinajstić information content (AvgIpc) is 3.62. The van der Waals surface area contributed by atoms with Crippen LogP contribution in [0.25, 0.3) is 27.3 Å². The van der Waals surface area contributed by atoms with Crippen LogP contribution in [0.4, 0.5) is 16.2 Å². The van der Waals surface area contributed by atoms with Crippen molar-refractivity contribution in [3.8, 4) is 22.6 Å². The van der Waals surface area contributed by atoms with Gasteiger partial charge >= 0.3 is 0 Å². The maximum Gasteiger partial charge on any atom is 0.254 e. The first-order chi connectivity index (χ1) is 16.7. The summed E-state index contributed by atoms with van der Waals surface area (Å²) in [5, 5.41) is 11.5. The summed E-state index contributed by atoms with van der Waals surface area (Å²) in [5.41, 5.74) is 3.88. The highest BCUT2D eigenvalue weighted by Gasteiger charge is 2.21. The molecule has 0 amide bonds. The Balaban J connectivity index is 1.42. The summed E-state index contributed by atoms with van der Waals surface area (Å²) < 4.78 is 28.9. The van der Waals surface area contributed by atoms with Crippen molar-refractivity contribution < 1.29 is 13.9 Å². The molecule has 5 aromatic rings. The van der Waals surface area contributed by atoms with E-state index in [-0.39, 0.29) is 12.4 Å². The molecule has 0 unspecified atom stereocenters. The highest BCUT2D eigenvalue weighted by molar-refractivity contribution is 5.87. The van der Waals surface area contributed by atoms with Gasteiger partial charge < -0.3 is 19.6 Å². The molecule has 4 aromatic heterocycles. The predicted octanol–water partition coefficient (Wildman–Crippen LogP) is 3.68. The van der Waals surface area contributed by atoms with Crippen LogP contribution < -0.4 is 14.8 Å². The Kier molecular flexibility index (Phi) is 4.51. The number of fused-ring (bicyclic) bond motifs is 3. The fourth-order valence-corrected chi connectivity index (χ4v) is 4.26. The van der Waals surface area contributed by atoms with Gasteiger partial charge in [-0.2, -0.15) is 0 Å². The molecule has 1 aliphatic heterocycles.